The Morgan fingerprint density at radius 3 is 2.76 bits per heavy atom. The number of carbonyl (C=O) groups is 1. The number of anilines is 1. The number of pyridine rings is 1. The van der Waals surface area contributed by atoms with Crippen molar-refractivity contribution in [1.82, 2.24) is 9.88 Å². The summed E-state index contributed by atoms with van der Waals surface area (Å²) in [6, 6.07) is 9.87. The number of hydrogen-bond donors (Lipinski definition) is 2. The van der Waals surface area contributed by atoms with Crippen molar-refractivity contribution >= 4 is 34.4 Å². The number of halogens is 1. The van der Waals surface area contributed by atoms with Crippen molar-refractivity contribution in [2.45, 2.75) is 18.9 Å². The van der Waals surface area contributed by atoms with E-state index in [1.165, 1.54) is 4.90 Å². The molecule has 0 bridgehead atoms. The highest BCUT2D eigenvalue weighted by atomic mass is 35.5. The number of likely N-dealkylation sites (tertiary alicyclic amines) is 1. The summed E-state index contributed by atoms with van der Waals surface area (Å²) < 4.78 is 0. The number of hydrogen-bond acceptors (Lipinski definition) is 3. The molecule has 1 aliphatic heterocycles. The van der Waals surface area contributed by atoms with Gasteiger partial charge in [0.15, 0.2) is 0 Å². The standard InChI is InChI=1S/C15H16ClN3O2/c16-12-3-1-2-10-4-5-13(18-14(10)12)17-11-6-8-19(9-7-11)15(20)21/h1-5,11H,6-9H2,(H,17,18)(H,20,21). The van der Waals surface area contributed by atoms with Crippen molar-refractivity contribution in [2.24, 2.45) is 0 Å². The Hall–Kier alpha value is -2.01. The molecule has 0 saturated carbocycles. The third-order valence-corrected chi connectivity index (χ3v) is 4.09. The van der Waals surface area contributed by atoms with Crippen LogP contribution in [-0.2, 0) is 0 Å². The predicted molar refractivity (Wildman–Crippen MR) is 83.0 cm³/mol. The maximum Gasteiger partial charge on any atom is 0.407 e. The van der Waals surface area contributed by atoms with Crippen LogP contribution in [0.5, 0.6) is 0 Å². The van der Waals surface area contributed by atoms with Crippen molar-refractivity contribution < 1.29 is 9.90 Å². The molecule has 1 saturated heterocycles. The number of carboxylic acid groups (broad SMARTS) is 1. The Labute approximate surface area is 127 Å². The van der Waals surface area contributed by atoms with Gasteiger partial charge in [0.05, 0.1) is 10.5 Å². The van der Waals surface area contributed by atoms with Crippen LogP contribution in [0.3, 0.4) is 0 Å². The predicted octanol–water partition coefficient (Wildman–Crippen LogP) is 3.44. The summed E-state index contributed by atoms with van der Waals surface area (Å²) >= 11 is 6.16. The molecule has 1 aromatic heterocycles. The first kappa shape index (κ1) is 13.9. The van der Waals surface area contributed by atoms with Gasteiger partial charge in [0.25, 0.3) is 0 Å². The molecule has 21 heavy (non-hydrogen) atoms. The number of rotatable bonds is 2. The van der Waals surface area contributed by atoms with Crippen LogP contribution >= 0.6 is 11.6 Å². The molecule has 0 atom stereocenters. The fraction of sp³-hybridized carbons (Fsp3) is 0.333. The zero-order valence-corrected chi connectivity index (χ0v) is 12.2. The molecular weight excluding hydrogens is 290 g/mol. The van der Waals surface area contributed by atoms with Gasteiger partial charge < -0.3 is 15.3 Å². The molecule has 0 unspecified atom stereocenters. The van der Waals surface area contributed by atoms with Crippen LogP contribution in [0.15, 0.2) is 30.3 Å². The van der Waals surface area contributed by atoms with E-state index in [1.54, 1.807) is 0 Å². The van der Waals surface area contributed by atoms with Gasteiger partial charge in [-0.15, -0.1) is 0 Å². The van der Waals surface area contributed by atoms with Gasteiger partial charge in [-0.2, -0.15) is 0 Å². The maximum absolute atomic E-state index is 10.9. The van der Waals surface area contributed by atoms with Gasteiger partial charge in [-0.3, -0.25) is 0 Å². The summed E-state index contributed by atoms with van der Waals surface area (Å²) in [5.74, 6) is 0.782. The molecule has 110 valence electrons. The normalized spacial score (nSPS) is 16.1. The minimum Gasteiger partial charge on any atom is -0.465 e. The molecule has 5 nitrogen and oxygen atoms in total. The summed E-state index contributed by atoms with van der Waals surface area (Å²) in [7, 11) is 0. The van der Waals surface area contributed by atoms with Gasteiger partial charge in [-0.05, 0) is 31.0 Å². The summed E-state index contributed by atoms with van der Waals surface area (Å²) in [5, 5.41) is 14.0. The first-order valence-corrected chi connectivity index (χ1v) is 7.31. The number of nitrogens with zero attached hydrogens (tertiary/aromatic N) is 2. The number of nitrogens with one attached hydrogen (secondary N) is 1. The van der Waals surface area contributed by atoms with Crippen molar-refractivity contribution in [1.29, 1.82) is 0 Å². The monoisotopic (exact) mass is 305 g/mol. The number of fused-ring (bicyclic) bond motifs is 1. The highest BCUT2D eigenvalue weighted by Crippen LogP contribution is 2.24. The summed E-state index contributed by atoms with van der Waals surface area (Å²) in [6.07, 6.45) is 0.729. The minimum atomic E-state index is -0.843. The first-order chi connectivity index (χ1) is 10.1. The lowest BCUT2D eigenvalue weighted by molar-refractivity contribution is 0.134. The molecule has 1 amide bonds. The molecule has 3 rings (SSSR count). The van der Waals surface area contributed by atoms with Crippen molar-refractivity contribution in [3.05, 3.63) is 35.4 Å². The molecule has 2 aromatic rings. The number of amides is 1. The SMILES string of the molecule is O=C(O)N1CCC(Nc2ccc3cccc(Cl)c3n2)CC1. The Bertz CT molecular complexity index is 669. The molecule has 1 fully saturated rings. The second-order valence-corrected chi connectivity index (χ2v) is 5.60. The molecule has 0 aliphatic carbocycles. The summed E-state index contributed by atoms with van der Waals surface area (Å²) in [4.78, 5) is 16.9. The number of piperidine rings is 1. The van der Waals surface area contributed by atoms with Crippen molar-refractivity contribution in [3.63, 3.8) is 0 Å². The van der Waals surface area contributed by atoms with Crippen LogP contribution in [0.25, 0.3) is 10.9 Å². The van der Waals surface area contributed by atoms with E-state index in [0.717, 1.165) is 29.6 Å². The number of para-hydroxylation sites is 1. The van der Waals surface area contributed by atoms with E-state index in [-0.39, 0.29) is 6.04 Å². The number of aromatic nitrogens is 1. The first-order valence-electron chi connectivity index (χ1n) is 6.93. The van der Waals surface area contributed by atoms with Crippen LogP contribution < -0.4 is 5.32 Å². The van der Waals surface area contributed by atoms with E-state index < -0.39 is 6.09 Å². The van der Waals surface area contributed by atoms with E-state index in [2.05, 4.69) is 10.3 Å². The lowest BCUT2D eigenvalue weighted by Gasteiger charge is -2.30. The molecule has 2 heterocycles. The van der Waals surface area contributed by atoms with Crippen LogP contribution in [0.4, 0.5) is 10.6 Å². The highest BCUT2D eigenvalue weighted by molar-refractivity contribution is 6.35. The molecule has 0 radical (unpaired) electrons. The molecule has 1 aromatic carbocycles. The van der Waals surface area contributed by atoms with E-state index >= 15 is 0 Å². The highest BCUT2D eigenvalue weighted by Gasteiger charge is 2.22. The molecule has 1 aliphatic rings. The second-order valence-electron chi connectivity index (χ2n) is 5.20. The Balaban J connectivity index is 1.71. The van der Waals surface area contributed by atoms with E-state index in [4.69, 9.17) is 16.7 Å². The maximum atomic E-state index is 10.9. The molecule has 2 N–H and O–H groups in total. The topological polar surface area (TPSA) is 65.5 Å². The van der Waals surface area contributed by atoms with E-state index in [1.807, 2.05) is 30.3 Å². The average molecular weight is 306 g/mol. The quantitative estimate of drug-likeness (QED) is 0.892. The molecule has 6 heteroatoms. The van der Waals surface area contributed by atoms with Gasteiger partial charge in [0.1, 0.15) is 5.82 Å². The average Bonchev–Trinajstić information content (AvgIpc) is 2.49. The zero-order valence-electron chi connectivity index (χ0n) is 11.4. The van der Waals surface area contributed by atoms with Crippen LogP contribution in [0, 0.1) is 0 Å². The van der Waals surface area contributed by atoms with Crippen LogP contribution in [-0.4, -0.2) is 40.2 Å². The molecule has 0 spiro atoms. The van der Waals surface area contributed by atoms with E-state index in [0.29, 0.717) is 18.1 Å². The zero-order chi connectivity index (χ0) is 14.8. The largest absolute Gasteiger partial charge is 0.465 e. The van der Waals surface area contributed by atoms with Crippen molar-refractivity contribution in [2.75, 3.05) is 18.4 Å². The Kier molecular flexibility index (Phi) is 3.84. The third kappa shape index (κ3) is 3.03. The molecular formula is C15H16ClN3O2. The van der Waals surface area contributed by atoms with Gasteiger partial charge in [-0.25, -0.2) is 9.78 Å². The van der Waals surface area contributed by atoms with Crippen molar-refractivity contribution in [3.8, 4) is 0 Å². The smallest absolute Gasteiger partial charge is 0.407 e. The van der Waals surface area contributed by atoms with Gasteiger partial charge >= 0.3 is 6.09 Å². The minimum absolute atomic E-state index is 0.244. The summed E-state index contributed by atoms with van der Waals surface area (Å²) in [5.41, 5.74) is 0.784. The van der Waals surface area contributed by atoms with Gasteiger partial charge in [0.2, 0.25) is 0 Å². The van der Waals surface area contributed by atoms with E-state index in [9.17, 15) is 4.79 Å². The Morgan fingerprint density at radius 1 is 1.29 bits per heavy atom. The lowest BCUT2D eigenvalue weighted by atomic mass is 10.1. The van der Waals surface area contributed by atoms with Gasteiger partial charge in [-0.1, -0.05) is 23.7 Å². The fourth-order valence-electron chi connectivity index (χ4n) is 2.62. The van der Waals surface area contributed by atoms with Crippen LogP contribution in [0.2, 0.25) is 5.02 Å². The van der Waals surface area contributed by atoms with Gasteiger partial charge in [0, 0.05) is 24.5 Å². The Morgan fingerprint density at radius 2 is 2.05 bits per heavy atom. The summed E-state index contributed by atoms with van der Waals surface area (Å²) in [6.45, 7) is 1.11. The lowest BCUT2D eigenvalue weighted by Crippen LogP contribution is -2.41. The number of benzene rings is 1. The van der Waals surface area contributed by atoms with Crippen LogP contribution in [0.1, 0.15) is 12.8 Å². The fourth-order valence-corrected chi connectivity index (χ4v) is 2.84. The second kappa shape index (κ2) is 5.77. The third-order valence-electron chi connectivity index (χ3n) is 3.79.